The van der Waals surface area contributed by atoms with Crippen molar-refractivity contribution in [2.45, 2.75) is 47.6 Å². The van der Waals surface area contributed by atoms with E-state index in [4.69, 9.17) is 4.42 Å². The van der Waals surface area contributed by atoms with Crippen molar-refractivity contribution in [3.63, 3.8) is 0 Å². The van der Waals surface area contributed by atoms with Crippen LogP contribution in [0.2, 0.25) is 0 Å². The molecule has 3 heterocycles. The van der Waals surface area contributed by atoms with Gasteiger partial charge in [0.15, 0.2) is 0 Å². The summed E-state index contributed by atoms with van der Waals surface area (Å²) in [6, 6.07) is 2.46. The molecular formula is C16H22N6O. The first-order valence-corrected chi connectivity index (χ1v) is 7.69. The molecule has 0 saturated heterocycles. The van der Waals surface area contributed by atoms with Crippen LogP contribution in [-0.2, 0) is 13.0 Å². The Morgan fingerprint density at radius 1 is 1.22 bits per heavy atom. The van der Waals surface area contributed by atoms with Gasteiger partial charge < -0.3 is 9.73 Å². The van der Waals surface area contributed by atoms with Gasteiger partial charge in [0.25, 0.3) is 0 Å². The third-order valence-corrected chi connectivity index (χ3v) is 3.43. The molecule has 0 aliphatic rings. The number of anilines is 1. The molecule has 0 radical (unpaired) electrons. The Balaban J connectivity index is 1.74. The van der Waals surface area contributed by atoms with Crippen LogP contribution < -0.4 is 5.32 Å². The third kappa shape index (κ3) is 3.49. The first-order valence-electron chi connectivity index (χ1n) is 7.69. The quantitative estimate of drug-likeness (QED) is 0.797. The summed E-state index contributed by atoms with van der Waals surface area (Å²) in [6.07, 6.45) is 2.56. The van der Waals surface area contributed by atoms with Crippen LogP contribution in [-0.4, -0.2) is 24.6 Å². The van der Waals surface area contributed by atoms with Crippen LogP contribution in [0.3, 0.4) is 0 Å². The summed E-state index contributed by atoms with van der Waals surface area (Å²) >= 11 is 0. The second kappa shape index (κ2) is 5.64. The molecule has 0 spiro atoms. The van der Waals surface area contributed by atoms with E-state index in [-0.39, 0.29) is 5.41 Å². The smallest absolute Gasteiger partial charge is 0.315 e. The predicted octanol–water partition coefficient (Wildman–Crippen LogP) is 2.93. The van der Waals surface area contributed by atoms with Gasteiger partial charge in [0.2, 0.25) is 11.7 Å². The van der Waals surface area contributed by atoms with Crippen LogP contribution >= 0.6 is 0 Å². The molecule has 0 atom stereocenters. The van der Waals surface area contributed by atoms with Gasteiger partial charge in [0, 0.05) is 17.8 Å². The van der Waals surface area contributed by atoms with E-state index in [1.165, 1.54) is 0 Å². The van der Waals surface area contributed by atoms with Gasteiger partial charge in [-0.25, -0.2) is 9.97 Å². The number of hydrogen-bond donors (Lipinski definition) is 1. The van der Waals surface area contributed by atoms with Crippen LogP contribution in [0, 0.1) is 19.3 Å². The minimum atomic E-state index is 0.117. The number of aromatic nitrogens is 5. The summed E-state index contributed by atoms with van der Waals surface area (Å²) in [6.45, 7) is 11.0. The minimum absolute atomic E-state index is 0.117. The lowest BCUT2D eigenvalue weighted by atomic mass is 9.92. The molecule has 7 heteroatoms. The highest BCUT2D eigenvalue weighted by Crippen LogP contribution is 2.21. The number of imidazole rings is 1. The summed E-state index contributed by atoms with van der Waals surface area (Å²) in [5, 5.41) is 11.3. The highest BCUT2D eigenvalue weighted by molar-refractivity contribution is 5.36. The predicted molar refractivity (Wildman–Crippen MR) is 87.2 cm³/mol. The van der Waals surface area contributed by atoms with Crippen LogP contribution in [0.4, 0.5) is 6.01 Å². The van der Waals surface area contributed by atoms with E-state index in [1.807, 2.05) is 30.5 Å². The Morgan fingerprint density at radius 3 is 2.74 bits per heavy atom. The average Bonchev–Trinajstić information content (AvgIpc) is 3.01. The molecule has 0 unspecified atom stereocenters. The molecule has 0 aromatic carbocycles. The highest BCUT2D eigenvalue weighted by Gasteiger charge is 2.16. The van der Waals surface area contributed by atoms with E-state index < -0.39 is 0 Å². The molecule has 0 bridgehead atoms. The molecule has 3 rings (SSSR count). The Bertz CT molecular complexity index is 827. The largest absolute Gasteiger partial charge is 0.408 e. The maximum Gasteiger partial charge on any atom is 0.315 e. The maximum absolute atomic E-state index is 5.64. The first-order chi connectivity index (χ1) is 10.8. The van der Waals surface area contributed by atoms with E-state index in [0.717, 1.165) is 23.5 Å². The molecule has 1 N–H and O–H groups in total. The van der Waals surface area contributed by atoms with E-state index in [0.29, 0.717) is 24.2 Å². The zero-order valence-electron chi connectivity index (χ0n) is 14.2. The van der Waals surface area contributed by atoms with E-state index >= 15 is 0 Å². The average molecular weight is 314 g/mol. The summed E-state index contributed by atoms with van der Waals surface area (Å²) < 4.78 is 7.66. The molecule has 0 saturated carbocycles. The summed E-state index contributed by atoms with van der Waals surface area (Å²) in [5.41, 5.74) is 3.18. The van der Waals surface area contributed by atoms with E-state index in [1.54, 1.807) is 0 Å². The standard InChI is InChI=1S/C16H22N6O/c1-10-6-11(2)22-12(8-17-14(22)19-10)9-18-15-21-20-13(23-15)7-16(3,4)5/h6,8H,7,9H2,1-5H3,(H,18,21). The SMILES string of the molecule is Cc1cc(C)n2c(CNc3nnc(CC(C)(C)C)o3)cnc2n1. The summed E-state index contributed by atoms with van der Waals surface area (Å²) in [7, 11) is 0. The fourth-order valence-electron chi connectivity index (χ4n) is 2.54. The Hall–Kier alpha value is -2.44. The van der Waals surface area contributed by atoms with Crippen molar-refractivity contribution < 1.29 is 4.42 Å². The lowest BCUT2D eigenvalue weighted by Gasteiger charge is -2.14. The van der Waals surface area contributed by atoms with E-state index in [9.17, 15) is 0 Å². The Labute approximate surface area is 135 Å². The molecule has 23 heavy (non-hydrogen) atoms. The van der Waals surface area contributed by atoms with Crippen LogP contribution in [0.5, 0.6) is 0 Å². The zero-order valence-corrected chi connectivity index (χ0v) is 14.2. The zero-order chi connectivity index (χ0) is 16.6. The Morgan fingerprint density at radius 2 is 2.00 bits per heavy atom. The van der Waals surface area contributed by atoms with Crippen molar-refractivity contribution >= 4 is 11.8 Å². The number of hydrogen-bond acceptors (Lipinski definition) is 6. The van der Waals surface area contributed by atoms with Gasteiger partial charge in [-0.2, -0.15) is 0 Å². The first kappa shape index (κ1) is 15.5. The molecule has 3 aromatic rings. The van der Waals surface area contributed by atoms with Crippen LogP contribution in [0.25, 0.3) is 5.78 Å². The lowest BCUT2D eigenvalue weighted by Crippen LogP contribution is -2.09. The van der Waals surface area contributed by atoms with Crippen LogP contribution in [0.1, 0.15) is 43.7 Å². The third-order valence-electron chi connectivity index (χ3n) is 3.43. The van der Waals surface area contributed by atoms with Crippen LogP contribution in [0.15, 0.2) is 16.7 Å². The topological polar surface area (TPSA) is 81.1 Å². The number of nitrogens with zero attached hydrogens (tertiary/aromatic N) is 5. The fraction of sp³-hybridized carbons (Fsp3) is 0.500. The van der Waals surface area contributed by atoms with Gasteiger partial charge in [-0.1, -0.05) is 25.9 Å². The second-order valence-corrected chi connectivity index (χ2v) is 7.02. The summed E-state index contributed by atoms with van der Waals surface area (Å²) in [4.78, 5) is 8.78. The molecule has 122 valence electrons. The monoisotopic (exact) mass is 314 g/mol. The van der Waals surface area contributed by atoms with Gasteiger partial charge in [-0.05, 0) is 25.3 Å². The minimum Gasteiger partial charge on any atom is -0.408 e. The molecule has 0 fully saturated rings. The number of nitrogens with one attached hydrogen (secondary N) is 1. The van der Waals surface area contributed by atoms with Gasteiger partial charge in [-0.15, -0.1) is 5.10 Å². The van der Waals surface area contributed by atoms with Gasteiger partial charge in [0.05, 0.1) is 18.4 Å². The fourth-order valence-corrected chi connectivity index (χ4v) is 2.54. The summed E-state index contributed by atoms with van der Waals surface area (Å²) in [5.74, 6) is 1.35. The normalized spacial score (nSPS) is 12.0. The second-order valence-electron chi connectivity index (χ2n) is 7.02. The van der Waals surface area contributed by atoms with Gasteiger partial charge in [0.1, 0.15) is 0 Å². The number of aryl methyl sites for hydroxylation is 2. The van der Waals surface area contributed by atoms with Crippen molar-refractivity contribution in [3.8, 4) is 0 Å². The molecule has 0 aliphatic carbocycles. The molecule has 7 nitrogen and oxygen atoms in total. The highest BCUT2D eigenvalue weighted by atomic mass is 16.4. The number of fused-ring (bicyclic) bond motifs is 1. The Kier molecular flexibility index (Phi) is 3.79. The van der Waals surface area contributed by atoms with Crippen molar-refractivity contribution in [2.75, 3.05) is 5.32 Å². The van der Waals surface area contributed by atoms with Crippen molar-refractivity contribution in [3.05, 3.63) is 35.2 Å². The van der Waals surface area contributed by atoms with Gasteiger partial charge in [-0.3, -0.25) is 4.40 Å². The van der Waals surface area contributed by atoms with Crippen molar-refractivity contribution in [1.82, 2.24) is 24.6 Å². The lowest BCUT2D eigenvalue weighted by molar-refractivity contribution is 0.357. The van der Waals surface area contributed by atoms with Crippen molar-refractivity contribution in [1.29, 1.82) is 0 Å². The molecule has 3 aromatic heterocycles. The van der Waals surface area contributed by atoms with Gasteiger partial charge >= 0.3 is 6.01 Å². The molecule has 0 aliphatic heterocycles. The number of rotatable bonds is 4. The maximum atomic E-state index is 5.64. The molecule has 0 amide bonds. The van der Waals surface area contributed by atoms with Crippen molar-refractivity contribution in [2.24, 2.45) is 5.41 Å². The van der Waals surface area contributed by atoms with E-state index in [2.05, 4.69) is 46.3 Å². The molecular weight excluding hydrogens is 292 g/mol.